The molecule has 1 aliphatic heterocycles. The van der Waals surface area contributed by atoms with E-state index in [1.54, 1.807) is 23.6 Å². The highest BCUT2D eigenvalue weighted by Crippen LogP contribution is 2.38. The van der Waals surface area contributed by atoms with Gasteiger partial charge in [-0.25, -0.2) is 14.2 Å². The van der Waals surface area contributed by atoms with Crippen molar-refractivity contribution in [3.8, 4) is 0 Å². The van der Waals surface area contributed by atoms with E-state index < -0.39 is 30.3 Å². The number of carbonyl (C=O) groups excluding carboxylic acids is 1. The van der Waals surface area contributed by atoms with Crippen LogP contribution >= 0.6 is 0 Å². The summed E-state index contributed by atoms with van der Waals surface area (Å²) in [6, 6.07) is 5.40. The van der Waals surface area contributed by atoms with Crippen molar-refractivity contribution in [1.29, 1.82) is 0 Å². The Morgan fingerprint density at radius 2 is 1.84 bits per heavy atom. The topological polar surface area (TPSA) is 73.7 Å². The van der Waals surface area contributed by atoms with Crippen molar-refractivity contribution in [1.82, 2.24) is 14.5 Å². The summed E-state index contributed by atoms with van der Waals surface area (Å²) < 4.78 is 64.9. The second-order valence-corrected chi connectivity index (χ2v) is 9.56. The molecule has 1 fully saturated rings. The zero-order chi connectivity index (χ0) is 26.7. The fraction of sp³-hybridized carbons (Fsp3) is 0.577. The van der Waals surface area contributed by atoms with Crippen LogP contribution in [-0.2, 0) is 22.4 Å². The van der Waals surface area contributed by atoms with Gasteiger partial charge in [-0.1, -0.05) is 12.1 Å². The predicted octanol–water partition coefficient (Wildman–Crippen LogP) is 4.93. The van der Waals surface area contributed by atoms with Crippen molar-refractivity contribution in [2.75, 3.05) is 19.8 Å². The molecule has 202 valence electrons. The van der Waals surface area contributed by atoms with Gasteiger partial charge in [-0.2, -0.15) is 13.2 Å². The summed E-state index contributed by atoms with van der Waals surface area (Å²) in [5.41, 5.74) is 1.43. The summed E-state index contributed by atoms with van der Waals surface area (Å²) in [6.45, 7) is 4.50. The van der Waals surface area contributed by atoms with Gasteiger partial charge in [-0.15, -0.1) is 0 Å². The van der Waals surface area contributed by atoms with Gasteiger partial charge in [-0.3, -0.25) is 9.36 Å². The molecule has 1 aromatic heterocycles. The lowest BCUT2D eigenvalue weighted by Gasteiger charge is -2.33. The maximum atomic E-state index is 13.6. The number of amides is 1. The SMILES string of the molecule is CCOCC(c1ccc(F)cc1)n1c(C)nc2c(c1=O)CCN(C(=O)O[C@H]1CC[C@H](C(F)(F)F)CC1)C2. The van der Waals surface area contributed by atoms with Crippen LogP contribution in [0.15, 0.2) is 29.1 Å². The highest BCUT2D eigenvalue weighted by atomic mass is 19.4. The molecule has 2 aromatic rings. The Bertz CT molecular complexity index is 1160. The van der Waals surface area contributed by atoms with Gasteiger partial charge in [0.15, 0.2) is 0 Å². The van der Waals surface area contributed by atoms with Crippen LogP contribution in [0.3, 0.4) is 0 Å². The fourth-order valence-corrected chi connectivity index (χ4v) is 5.10. The molecule has 0 radical (unpaired) electrons. The van der Waals surface area contributed by atoms with Gasteiger partial charge in [0.2, 0.25) is 0 Å². The molecular weight excluding hydrogens is 494 g/mol. The molecular formula is C26H31F4N3O4. The highest BCUT2D eigenvalue weighted by Gasteiger charge is 2.42. The zero-order valence-corrected chi connectivity index (χ0v) is 20.9. The summed E-state index contributed by atoms with van der Waals surface area (Å²) in [6.07, 6.45) is -4.87. The number of aryl methyl sites for hydroxylation is 1. The largest absolute Gasteiger partial charge is 0.446 e. The predicted molar refractivity (Wildman–Crippen MR) is 127 cm³/mol. The van der Waals surface area contributed by atoms with Crippen LogP contribution in [0.2, 0.25) is 0 Å². The van der Waals surface area contributed by atoms with Gasteiger partial charge >= 0.3 is 12.3 Å². The molecule has 4 rings (SSSR count). The Morgan fingerprint density at radius 1 is 1.16 bits per heavy atom. The molecule has 1 amide bonds. The molecule has 0 N–H and O–H groups in total. The third-order valence-corrected chi connectivity index (χ3v) is 7.15. The Morgan fingerprint density at radius 3 is 2.46 bits per heavy atom. The Kier molecular flexibility index (Phi) is 8.20. The highest BCUT2D eigenvalue weighted by molar-refractivity contribution is 5.68. The number of ether oxygens (including phenoxy) is 2. The van der Waals surface area contributed by atoms with Crippen LogP contribution < -0.4 is 5.56 Å². The molecule has 1 unspecified atom stereocenters. The first-order chi connectivity index (χ1) is 17.6. The summed E-state index contributed by atoms with van der Waals surface area (Å²) in [7, 11) is 0. The number of fused-ring (bicyclic) bond motifs is 1. The van der Waals surface area contributed by atoms with Crippen LogP contribution in [0, 0.1) is 18.7 Å². The lowest BCUT2D eigenvalue weighted by atomic mass is 9.87. The number of hydrogen-bond acceptors (Lipinski definition) is 5. The molecule has 11 heteroatoms. The third-order valence-electron chi connectivity index (χ3n) is 7.15. The van der Waals surface area contributed by atoms with Gasteiger partial charge in [0.1, 0.15) is 17.7 Å². The molecule has 1 aromatic carbocycles. The summed E-state index contributed by atoms with van der Waals surface area (Å²) in [5.74, 6) is -1.30. The van der Waals surface area contributed by atoms with Crippen molar-refractivity contribution < 1.29 is 31.8 Å². The molecule has 1 atom stereocenters. The van der Waals surface area contributed by atoms with E-state index in [4.69, 9.17) is 9.47 Å². The van der Waals surface area contributed by atoms with Crippen molar-refractivity contribution in [2.24, 2.45) is 5.92 Å². The maximum absolute atomic E-state index is 13.6. The molecule has 2 aliphatic rings. The van der Waals surface area contributed by atoms with Crippen molar-refractivity contribution in [2.45, 2.75) is 70.8 Å². The Balaban J connectivity index is 1.49. The summed E-state index contributed by atoms with van der Waals surface area (Å²) in [4.78, 5) is 32.4. The fourth-order valence-electron chi connectivity index (χ4n) is 5.10. The quantitative estimate of drug-likeness (QED) is 0.500. The lowest BCUT2D eigenvalue weighted by molar-refractivity contribution is -0.186. The van der Waals surface area contributed by atoms with Gasteiger partial charge in [-0.05, 0) is 63.6 Å². The van der Waals surface area contributed by atoms with E-state index in [-0.39, 0.29) is 63.2 Å². The molecule has 0 bridgehead atoms. The lowest BCUT2D eigenvalue weighted by Crippen LogP contribution is -2.43. The molecule has 37 heavy (non-hydrogen) atoms. The van der Waals surface area contributed by atoms with Crippen molar-refractivity contribution in [3.63, 3.8) is 0 Å². The summed E-state index contributed by atoms with van der Waals surface area (Å²) in [5, 5.41) is 0. The number of benzene rings is 1. The first kappa shape index (κ1) is 27.1. The van der Waals surface area contributed by atoms with E-state index in [1.807, 2.05) is 6.92 Å². The number of halogens is 4. The minimum atomic E-state index is -4.22. The zero-order valence-electron chi connectivity index (χ0n) is 20.9. The molecule has 1 saturated carbocycles. The van der Waals surface area contributed by atoms with E-state index in [9.17, 15) is 27.2 Å². The average Bonchev–Trinajstić information content (AvgIpc) is 2.86. The second kappa shape index (κ2) is 11.2. The second-order valence-electron chi connectivity index (χ2n) is 9.56. The Labute approximate surface area is 212 Å². The standard InChI is InChI=1S/C26H31F4N3O4/c1-3-36-15-23(17-4-8-19(27)9-5-17)33-16(2)31-22-14-32(13-12-21(22)24(33)34)25(35)37-20-10-6-18(7-11-20)26(28,29)30/h4-5,8-9,18,20,23H,3,6-7,10-15H2,1-2H3/t18-,20-,23?. The van der Waals surface area contributed by atoms with Gasteiger partial charge in [0.05, 0.1) is 30.8 Å². The van der Waals surface area contributed by atoms with Crippen LogP contribution in [0.1, 0.15) is 61.3 Å². The van der Waals surface area contributed by atoms with Crippen LogP contribution in [0.5, 0.6) is 0 Å². The number of hydrogen-bond donors (Lipinski definition) is 0. The smallest absolute Gasteiger partial charge is 0.410 e. The van der Waals surface area contributed by atoms with E-state index in [0.717, 1.165) is 0 Å². The van der Waals surface area contributed by atoms with Gasteiger partial charge < -0.3 is 14.4 Å². The van der Waals surface area contributed by atoms with Gasteiger partial charge in [0.25, 0.3) is 5.56 Å². The van der Waals surface area contributed by atoms with E-state index in [2.05, 4.69) is 4.98 Å². The molecule has 7 nitrogen and oxygen atoms in total. The molecule has 0 saturated heterocycles. The van der Waals surface area contributed by atoms with E-state index in [1.165, 1.54) is 17.0 Å². The van der Waals surface area contributed by atoms with E-state index >= 15 is 0 Å². The molecule has 0 spiro atoms. The van der Waals surface area contributed by atoms with Crippen molar-refractivity contribution >= 4 is 6.09 Å². The monoisotopic (exact) mass is 525 g/mol. The van der Waals surface area contributed by atoms with Crippen LogP contribution in [0.4, 0.5) is 22.4 Å². The number of nitrogens with zero attached hydrogens (tertiary/aromatic N) is 3. The minimum absolute atomic E-state index is 0.0540. The van der Waals surface area contributed by atoms with Crippen LogP contribution in [-0.4, -0.2) is 52.6 Å². The first-order valence-corrected chi connectivity index (χ1v) is 12.5. The number of carbonyl (C=O) groups is 1. The average molecular weight is 526 g/mol. The molecule has 1 aliphatic carbocycles. The van der Waals surface area contributed by atoms with Crippen molar-refractivity contribution in [3.05, 3.63) is 63.1 Å². The number of rotatable bonds is 6. The Hall–Kier alpha value is -2.95. The maximum Gasteiger partial charge on any atom is 0.410 e. The summed E-state index contributed by atoms with van der Waals surface area (Å²) >= 11 is 0. The third kappa shape index (κ3) is 6.14. The van der Waals surface area contributed by atoms with E-state index in [0.29, 0.717) is 29.3 Å². The number of aromatic nitrogens is 2. The minimum Gasteiger partial charge on any atom is -0.446 e. The first-order valence-electron chi connectivity index (χ1n) is 12.5. The number of alkyl halides is 3. The molecule has 2 heterocycles. The van der Waals surface area contributed by atoms with Gasteiger partial charge in [0, 0.05) is 18.7 Å². The normalized spacial score (nSPS) is 20.9. The van der Waals surface area contributed by atoms with Crippen LogP contribution in [0.25, 0.3) is 0 Å².